The SMILES string of the molecule is CCOC(=O)CCCCCCCCC(=O)NC(N)=O. The Morgan fingerprint density at radius 1 is 0.947 bits per heavy atom. The van der Waals surface area contributed by atoms with Crippen molar-refractivity contribution in [1.29, 1.82) is 0 Å². The molecule has 0 aromatic rings. The molecule has 0 fully saturated rings. The number of amides is 3. The summed E-state index contributed by atoms with van der Waals surface area (Å²) in [5.41, 5.74) is 4.82. The first-order valence-electron chi connectivity index (χ1n) is 6.81. The van der Waals surface area contributed by atoms with Gasteiger partial charge in [0.15, 0.2) is 0 Å². The average molecular weight is 272 g/mol. The van der Waals surface area contributed by atoms with Crippen molar-refractivity contribution in [2.24, 2.45) is 5.73 Å². The zero-order valence-electron chi connectivity index (χ0n) is 11.6. The van der Waals surface area contributed by atoms with Gasteiger partial charge in [-0.2, -0.15) is 0 Å². The topological polar surface area (TPSA) is 98.5 Å². The van der Waals surface area contributed by atoms with E-state index in [9.17, 15) is 14.4 Å². The van der Waals surface area contributed by atoms with E-state index >= 15 is 0 Å². The molecule has 0 saturated heterocycles. The Kier molecular flexibility index (Phi) is 10.5. The number of ether oxygens (including phenoxy) is 1. The zero-order valence-corrected chi connectivity index (χ0v) is 11.6. The molecule has 0 aromatic carbocycles. The standard InChI is InChI=1S/C13H24N2O4/c1-2-19-12(17)10-8-6-4-3-5-7-9-11(16)15-13(14)18/h2-10H2,1H3,(H3,14,15,16,18). The Labute approximate surface area is 114 Å². The molecule has 0 unspecified atom stereocenters. The Balaban J connectivity index is 3.25. The van der Waals surface area contributed by atoms with Crippen molar-refractivity contribution in [3.63, 3.8) is 0 Å². The van der Waals surface area contributed by atoms with Crippen LogP contribution in [0.2, 0.25) is 0 Å². The molecule has 110 valence electrons. The maximum Gasteiger partial charge on any atom is 0.318 e. The number of carbonyl (C=O) groups excluding carboxylic acids is 3. The number of nitrogens with two attached hydrogens (primary N) is 1. The molecule has 6 nitrogen and oxygen atoms in total. The van der Waals surface area contributed by atoms with E-state index in [-0.39, 0.29) is 11.9 Å². The Hall–Kier alpha value is -1.59. The second-order valence-corrected chi connectivity index (χ2v) is 4.34. The summed E-state index contributed by atoms with van der Waals surface area (Å²) in [6.45, 7) is 2.23. The number of unbranched alkanes of at least 4 members (excludes halogenated alkanes) is 5. The highest BCUT2D eigenvalue weighted by Gasteiger charge is 2.03. The zero-order chi connectivity index (χ0) is 14.5. The lowest BCUT2D eigenvalue weighted by molar-refractivity contribution is -0.143. The minimum Gasteiger partial charge on any atom is -0.466 e. The molecular weight excluding hydrogens is 248 g/mol. The van der Waals surface area contributed by atoms with Crippen molar-refractivity contribution in [3.05, 3.63) is 0 Å². The molecule has 0 aromatic heterocycles. The molecule has 3 N–H and O–H groups in total. The summed E-state index contributed by atoms with van der Waals surface area (Å²) in [6, 6.07) is -0.802. The van der Waals surface area contributed by atoms with Crippen molar-refractivity contribution in [1.82, 2.24) is 5.32 Å². The number of esters is 1. The molecule has 3 amide bonds. The number of rotatable bonds is 10. The fraction of sp³-hybridized carbons (Fsp3) is 0.769. The predicted octanol–water partition coefficient (Wildman–Crippen LogP) is 1.87. The van der Waals surface area contributed by atoms with E-state index in [1.807, 2.05) is 5.32 Å². The minimum absolute atomic E-state index is 0.134. The third kappa shape index (κ3) is 12.7. The van der Waals surface area contributed by atoms with Crippen molar-refractivity contribution in [2.45, 2.75) is 58.3 Å². The van der Waals surface area contributed by atoms with E-state index in [0.717, 1.165) is 38.5 Å². The first-order chi connectivity index (χ1) is 9.06. The number of urea groups is 1. The first-order valence-corrected chi connectivity index (χ1v) is 6.81. The normalized spacial score (nSPS) is 9.95. The van der Waals surface area contributed by atoms with Crippen LogP contribution >= 0.6 is 0 Å². The molecule has 0 aliphatic heterocycles. The fourth-order valence-electron chi connectivity index (χ4n) is 1.70. The molecule has 0 saturated carbocycles. The lowest BCUT2D eigenvalue weighted by Crippen LogP contribution is -2.34. The number of imide groups is 1. The molecule has 0 radical (unpaired) electrons. The van der Waals surface area contributed by atoms with Crippen LogP contribution in [0.25, 0.3) is 0 Å². The highest BCUT2D eigenvalue weighted by molar-refractivity contribution is 5.93. The van der Waals surface area contributed by atoms with E-state index in [1.165, 1.54) is 0 Å². The Morgan fingerprint density at radius 3 is 2.00 bits per heavy atom. The number of primary amides is 1. The van der Waals surface area contributed by atoms with E-state index < -0.39 is 6.03 Å². The van der Waals surface area contributed by atoms with Gasteiger partial charge in [0.05, 0.1) is 6.61 Å². The van der Waals surface area contributed by atoms with Gasteiger partial charge in [-0.3, -0.25) is 14.9 Å². The average Bonchev–Trinajstić information content (AvgIpc) is 2.32. The third-order valence-electron chi connectivity index (χ3n) is 2.60. The van der Waals surface area contributed by atoms with Crippen molar-refractivity contribution >= 4 is 17.9 Å². The number of hydrogen-bond donors (Lipinski definition) is 2. The van der Waals surface area contributed by atoms with Gasteiger partial charge in [-0.05, 0) is 19.8 Å². The second-order valence-electron chi connectivity index (χ2n) is 4.34. The van der Waals surface area contributed by atoms with Gasteiger partial charge in [0.25, 0.3) is 0 Å². The molecule has 0 spiro atoms. The summed E-state index contributed by atoms with van der Waals surface area (Å²) in [5.74, 6) is -0.458. The molecule has 0 atom stereocenters. The van der Waals surface area contributed by atoms with Gasteiger partial charge in [0.2, 0.25) is 5.91 Å². The molecule has 0 aliphatic carbocycles. The van der Waals surface area contributed by atoms with Gasteiger partial charge in [-0.25, -0.2) is 4.79 Å². The second kappa shape index (κ2) is 11.5. The summed E-state index contributed by atoms with van der Waals surface area (Å²) < 4.78 is 4.82. The maximum absolute atomic E-state index is 11.1. The van der Waals surface area contributed by atoms with Crippen LogP contribution in [0.5, 0.6) is 0 Å². The Bertz CT molecular complexity index is 292. The van der Waals surface area contributed by atoms with Gasteiger partial charge < -0.3 is 10.5 Å². The number of hydrogen-bond acceptors (Lipinski definition) is 4. The third-order valence-corrected chi connectivity index (χ3v) is 2.60. The van der Waals surface area contributed by atoms with Crippen LogP contribution in [0.15, 0.2) is 0 Å². The Morgan fingerprint density at radius 2 is 1.47 bits per heavy atom. The molecule has 0 rings (SSSR count). The largest absolute Gasteiger partial charge is 0.466 e. The van der Waals surface area contributed by atoms with Crippen molar-refractivity contribution in [2.75, 3.05) is 6.61 Å². The van der Waals surface area contributed by atoms with E-state index in [0.29, 0.717) is 19.4 Å². The van der Waals surface area contributed by atoms with E-state index in [2.05, 4.69) is 0 Å². The smallest absolute Gasteiger partial charge is 0.318 e. The highest BCUT2D eigenvalue weighted by atomic mass is 16.5. The first kappa shape index (κ1) is 17.4. The van der Waals surface area contributed by atoms with Crippen LogP contribution in [0.1, 0.15) is 58.3 Å². The van der Waals surface area contributed by atoms with Crippen molar-refractivity contribution < 1.29 is 19.1 Å². The van der Waals surface area contributed by atoms with Crippen LogP contribution in [-0.4, -0.2) is 24.5 Å². The van der Waals surface area contributed by atoms with Crippen molar-refractivity contribution in [3.8, 4) is 0 Å². The molecule has 0 aliphatic rings. The molecule has 0 heterocycles. The fourth-order valence-corrected chi connectivity index (χ4v) is 1.70. The van der Waals surface area contributed by atoms with Crippen LogP contribution in [-0.2, 0) is 14.3 Å². The quantitative estimate of drug-likeness (QED) is 0.468. The number of nitrogens with one attached hydrogen (secondary N) is 1. The van der Waals surface area contributed by atoms with Crippen LogP contribution in [0.3, 0.4) is 0 Å². The van der Waals surface area contributed by atoms with Gasteiger partial charge in [0.1, 0.15) is 0 Å². The summed E-state index contributed by atoms with van der Waals surface area (Å²) in [6.07, 6.45) is 6.39. The number of carbonyl (C=O) groups is 3. The van der Waals surface area contributed by atoms with Gasteiger partial charge >= 0.3 is 12.0 Å². The summed E-state index contributed by atoms with van der Waals surface area (Å²) in [4.78, 5) is 32.5. The summed E-state index contributed by atoms with van der Waals surface area (Å²) >= 11 is 0. The van der Waals surface area contributed by atoms with E-state index in [4.69, 9.17) is 10.5 Å². The maximum atomic E-state index is 11.1. The molecule has 0 bridgehead atoms. The van der Waals surface area contributed by atoms with Crippen LogP contribution < -0.4 is 11.1 Å². The van der Waals surface area contributed by atoms with Crippen LogP contribution in [0.4, 0.5) is 4.79 Å². The van der Waals surface area contributed by atoms with Crippen LogP contribution in [0, 0.1) is 0 Å². The van der Waals surface area contributed by atoms with E-state index in [1.54, 1.807) is 6.92 Å². The summed E-state index contributed by atoms with van der Waals surface area (Å²) in [7, 11) is 0. The summed E-state index contributed by atoms with van der Waals surface area (Å²) in [5, 5.41) is 2.03. The molecule has 6 heteroatoms. The lowest BCUT2D eigenvalue weighted by Gasteiger charge is -2.03. The molecule has 19 heavy (non-hydrogen) atoms. The lowest BCUT2D eigenvalue weighted by atomic mass is 10.1. The van der Waals surface area contributed by atoms with Gasteiger partial charge in [-0.1, -0.05) is 25.7 Å². The molecular formula is C13H24N2O4. The minimum atomic E-state index is -0.802. The van der Waals surface area contributed by atoms with Gasteiger partial charge in [-0.15, -0.1) is 0 Å². The van der Waals surface area contributed by atoms with Gasteiger partial charge in [0, 0.05) is 12.8 Å². The highest BCUT2D eigenvalue weighted by Crippen LogP contribution is 2.09. The monoisotopic (exact) mass is 272 g/mol. The predicted molar refractivity (Wildman–Crippen MR) is 71.3 cm³/mol.